The van der Waals surface area contributed by atoms with E-state index in [1.807, 2.05) is 23.1 Å². The van der Waals surface area contributed by atoms with Crippen LogP contribution in [0.3, 0.4) is 0 Å². The average molecular weight is 396 g/mol. The Labute approximate surface area is 171 Å². The Morgan fingerprint density at radius 1 is 1.10 bits per heavy atom. The second kappa shape index (κ2) is 8.47. The molecule has 0 atom stereocenters. The van der Waals surface area contributed by atoms with Crippen LogP contribution < -0.4 is 4.90 Å². The van der Waals surface area contributed by atoms with Crippen molar-refractivity contribution in [1.82, 2.24) is 14.9 Å². The first-order chi connectivity index (χ1) is 14.1. The molecule has 0 aliphatic carbocycles. The van der Waals surface area contributed by atoms with Gasteiger partial charge in [-0.05, 0) is 19.4 Å². The highest BCUT2D eigenvalue weighted by molar-refractivity contribution is 5.92. The van der Waals surface area contributed by atoms with Crippen LogP contribution in [0.15, 0.2) is 42.7 Å². The Hall–Kier alpha value is -2.51. The SMILES string of the molecule is CC(C)N(Cc1ccccc1)c1cnc(C(=O)N2CCC3(CC2)OCCO3)cn1. The summed E-state index contributed by atoms with van der Waals surface area (Å²) < 4.78 is 11.5. The minimum Gasteiger partial charge on any atom is -0.349 e. The van der Waals surface area contributed by atoms with Crippen molar-refractivity contribution in [3.63, 3.8) is 0 Å². The standard InChI is InChI=1S/C22H28N4O3/c1-17(2)26(16-18-6-4-3-5-7-18)20-15-23-19(14-24-20)21(27)25-10-8-22(9-11-25)28-12-13-29-22/h3-7,14-15,17H,8-13,16H2,1-2H3. The number of carbonyl (C=O) groups excluding carboxylic acids is 1. The Balaban J connectivity index is 1.42. The number of hydrogen-bond donors (Lipinski definition) is 0. The summed E-state index contributed by atoms with van der Waals surface area (Å²) in [6.07, 6.45) is 4.68. The number of anilines is 1. The highest BCUT2D eigenvalue weighted by Crippen LogP contribution is 2.31. The van der Waals surface area contributed by atoms with E-state index in [4.69, 9.17) is 9.47 Å². The minimum atomic E-state index is -0.485. The van der Waals surface area contributed by atoms with Gasteiger partial charge >= 0.3 is 0 Å². The van der Waals surface area contributed by atoms with Crippen molar-refractivity contribution in [2.45, 2.75) is 45.1 Å². The molecule has 2 aliphatic heterocycles. The van der Waals surface area contributed by atoms with Crippen LogP contribution in [-0.4, -0.2) is 58.9 Å². The predicted octanol–water partition coefficient (Wildman–Crippen LogP) is 2.87. The molecule has 7 nitrogen and oxygen atoms in total. The molecule has 2 aromatic rings. The van der Waals surface area contributed by atoms with Crippen molar-refractivity contribution >= 4 is 11.7 Å². The van der Waals surface area contributed by atoms with Gasteiger partial charge in [0.15, 0.2) is 5.79 Å². The molecule has 2 aliphatic rings. The Morgan fingerprint density at radius 3 is 2.38 bits per heavy atom. The van der Waals surface area contributed by atoms with Crippen LogP contribution in [0, 0.1) is 0 Å². The maximum Gasteiger partial charge on any atom is 0.274 e. The van der Waals surface area contributed by atoms with Crippen LogP contribution >= 0.6 is 0 Å². The number of amides is 1. The Morgan fingerprint density at radius 2 is 1.79 bits per heavy atom. The van der Waals surface area contributed by atoms with Crippen molar-refractivity contribution in [3.8, 4) is 0 Å². The van der Waals surface area contributed by atoms with Crippen molar-refractivity contribution in [3.05, 3.63) is 54.0 Å². The Kier molecular flexibility index (Phi) is 5.78. The monoisotopic (exact) mass is 396 g/mol. The molecule has 29 heavy (non-hydrogen) atoms. The fraction of sp³-hybridized carbons (Fsp3) is 0.500. The van der Waals surface area contributed by atoms with Crippen LogP contribution in [0.4, 0.5) is 5.82 Å². The second-order valence-corrected chi connectivity index (χ2v) is 7.87. The van der Waals surface area contributed by atoms with E-state index in [-0.39, 0.29) is 11.9 Å². The number of rotatable bonds is 5. The molecule has 7 heteroatoms. The largest absolute Gasteiger partial charge is 0.349 e. The lowest BCUT2D eigenvalue weighted by Crippen LogP contribution is -2.47. The van der Waals surface area contributed by atoms with Gasteiger partial charge in [0, 0.05) is 38.5 Å². The molecule has 1 amide bonds. The van der Waals surface area contributed by atoms with E-state index in [0.717, 1.165) is 12.4 Å². The fourth-order valence-electron chi connectivity index (χ4n) is 3.89. The molecule has 0 N–H and O–H groups in total. The molecule has 1 aromatic carbocycles. The summed E-state index contributed by atoms with van der Waals surface area (Å²) in [7, 11) is 0. The van der Waals surface area contributed by atoms with Gasteiger partial charge in [-0.2, -0.15) is 0 Å². The van der Waals surface area contributed by atoms with Gasteiger partial charge in [0.05, 0.1) is 25.6 Å². The maximum absolute atomic E-state index is 12.8. The molecule has 2 fully saturated rings. The smallest absolute Gasteiger partial charge is 0.274 e. The first-order valence-corrected chi connectivity index (χ1v) is 10.3. The summed E-state index contributed by atoms with van der Waals surface area (Å²) in [6.45, 7) is 7.48. The molecule has 0 saturated carbocycles. The summed E-state index contributed by atoms with van der Waals surface area (Å²) in [4.78, 5) is 25.8. The van der Waals surface area contributed by atoms with Crippen LogP contribution in [0.2, 0.25) is 0 Å². The second-order valence-electron chi connectivity index (χ2n) is 7.87. The summed E-state index contributed by atoms with van der Waals surface area (Å²) >= 11 is 0. The number of ether oxygens (including phenoxy) is 2. The first-order valence-electron chi connectivity index (χ1n) is 10.3. The normalized spacial score (nSPS) is 18.4. The van der Waals surface area contributed by atoms with Gasteiger partial charge in [0.1, 0.15) is 11.5 Å². The Bertz CT molecular complexity index is 810. The highest BCUT2D eigenvalue weighted by atomic mass is 16.7. The van der Waals surface area contributed by atoms with E-state index < -0.39 is 5.79 Å². The predicted molar refractivity (Wildman–Crippen MR) is 110 cm³/mol. The molecule has 3 heterocycles. The molecule has 4 rings (SSSR count). The van der Waals surface area contributed by atoms with Crippen LogP contribution in [0.1, 0.15) is 42.7 Å². The zero-order chi connectivity index (χ0) is 20.3. The number of hydrogen-bond acceptors (Lipinski definition) is 6. The van der Waals surface area contributed by atoms with E-state index in [9.17, 15) is 4.79 Å². The summed E-state index contributed by atoms with van der Waals surface area (Å²) in [5.74, 6) is 0.198. The van der Waals surface area contributed by atoms with Gasteiger partial charge in [-0.25, -0.2) is 9.97 Å². The van der Waals surface area contributed by atoms with Crippen molar-refractivity contribution < 1.29 is 14.3 Å². The lowest BCUT2D eigenvalue weighted by molar-refractivity contribution is -0.181. The molecule has 0 bridgehead atoms. The maximum atomic E-state index is 12.8. The number of carbonyl (C=O) groups is 1. The summed E-state index contributed by atoms with van der Waals surface area (Å²) in [6, 6.07) is 10.5. The van der Waals surface area contributed by atoms with E-state index in [0.29, 0.717) is 44.8 Å². The highest BCUT2D eigenvalue weighted by Gasteiger charge is 2.41. The molecule has 2 saturated heterocycles. The molecule has 0 unspecified atom stereocenters. The summed E-state index contributed by atoms with van der Waals surface area (Å²) in [5.41, 5.74) is 1.59. The minimum absolute atomic E-state index is 0.0870. The number of likely N-dealkylation sites (tertiary alicyclic amines) is 1. The van der Waals surface area contributed by atoms with Crippen LogP contribution in [0.25, 0.3) is 0 Å². The van der Waals surface area contributed by atoms with E-state index >= 15 is 0 Å². The molecule has 154 valence electrons. The molecular weight excluding hydrogens is 368 g/mol. The zero-order valence-corrected chi connectivity index (χ0v) is 17.1. The number of piperidine rings is 1. The van der Waals surface area contributed by atoms with E-state index in [2.05, 4.69) is 40.8 Å². The third-order valence-electron chi connectivity index (χ3n) is 5.60. The quantitative estimate of drug-likeness (QED) is 0.774. The lowest BCUT2D eigenvalue weighted by Gasteiger charge is -2.37. The van der Waals surface area contributed by atoms with Gasteiger partial charge in [-0.1, -0.05) is 30.3 Å². The third-order valence-corrected chi connectivity index (χ3v) is 5.60. The van der Waals surface area contributed by atoms with Gasteiger partial charge in [-0.15, -0.1) is 0 Å². The number of nitrogens with zero attached hydrogens (tertiary/aromatic N) is 4. The topological polar surface area (TPSA) is 67.8 Å². The fourth-order valence-corrected chi connectivity index (χ4v) is 3.89. The van der Waals surface area contributed by atoms with Gasteiger partial charge < -0.3 is 19.3 Å². The average Bonchev–Trinajstić information content (AvgIpc) is 3.21. The molecule has 1 aromatic heterocycles. The van der Waals surface area contributed by atoms with E-state index in [1.54, 1.807) is 12.4 Å². The van der Waals surface area contributed by atoms with Gasteiger partial charge in [0.2, 0.25) is 0 Å². The first kappa shape index (κ1) is 19.8. The molecular formula is C22H28N4O3. The van der Waals surface area contributed by atoms with Crippen molar-refractivity contribution in [2.24, 2.45) is 0 Å². The van der Waals surface area contributed by atoms with Gasteiger partial charge in [0.25, 0.3) is 5.91 Å². The molecule has 0 radical (unpaired) electrons. The van der Waals surface area contributed by atoms with Crippen LogP contribution in [-0.2, 0) is 16.0 Å². The van der Waals surface area contributed by atoms with Gasteiger partial charge in [-0.3, -0.25) is 4.79 Å². The number of aromatic nitrogens is 2. The lowest BCUT2D eigenvalue weighted by atomic mass is 10.0. The molecule has 1 spiro atoms. The van der Waals surface area contributed by atoms with E-state index in [1.165, 1.54) is 5.56 Å². The third kappa shape index (κ3) is 4.41. The van der Waals surface area contributed by atoms with Crippen molar-refractivity contribution in [1.29, 1.82) is 0 Å². The zero-order valence-electron chi connectivity index (χ0n) is 17.1. The van der Waals surface area contributed by atoms with Crippen molar-refractivity contribution in [2.75, 3.05) is 31.2 Å². The number of benzene rings is 1. The summed E-state index contributed by atoms with van der Waals surface area (Å²) in [5, 5.41) is 0. The van der Waals surface area contributed by atoms with Crippen LogP contribution in [0.5, 0.6) is 0 Å².